The van der Waals surface area contributed by atoms with Crippen molar-refractivity contribution in [1.82, 2.24) is 0 Å². The molecular weight excluding hydrogens is 351 g/mol. The van der Waals surface area contributed by atoms with E-state index in [1.165, 1.54) is 26.8 Å². The SMILES string of the molecule is CSC1=C(SCCC#N)SC(=C2SC(C)=C(C)S2)S1. The summed E-state index contributed by atoms with van der Waals surface area (Å²) in [6.45, 7) is 4.38. The van der Waals surface area contributed by atoms with E-state index in [-0.39, 0.29) is 0 Å². The highest BCUT2D eigenvalue weighted by molar-refractivity contribution is 8.42. The second kappa shape index (κ2) is 7.71. The van der Waals surface area contributed by atoms with Crippen LogP contribution in [0.1, 0.15) is 20.3 Å². The van der Waals surface area contributed by atoms with E-state index in [9.17, 15) is 0 Å². The first-order valence-corrected chi connectivity index (χ1v) is 11.0. The Hall–Kier alpha value is 0.810. The van der Waals surface area contributed by atoms with E-state index in [1.807, 2.05) is 70.6 Å². The fraction of sp³-hybridized carbons (Fsp3) is 0.417. The van der Waals surface area contributed by atoms with Crippen molar-refractivity contribution in [1.29, 1.82) is 5.26 Å². The molecular formula is C12H13NS6. The Morgan fingerprint density at radius 2 is 1.58 bits per heavy atom. The third kappa shape index (κ3) is 4.14. The van der Waals surface area contributed by atoms with Crippen LogP contribution in [0.4, 0.5) is 0 Å². The van der Waals surface area contributed by atoms with Gasteiger partial charge >= 0.3 is 0 Å². The summed E-state index contributed by atoms with van der Waals surface area (Å²) < 4.78 is 5.60. The molecule has 102 valence electrons. The number of rotatable bonds is 4. The third-order valence-electron chi connectivity index (χ3n) is 2.32. The Bertz CT molecular complexity index is 495. The largest absolute Gasteiger partial charge is 0.198 e. The molecule has 2 aliphatic rings. The van der Waals surface area contributed by atoms with Gasteiger partial charge < -0.3 is 0 Å². The predicted molar refractivity (Wildman–Crippen MR) is 99.0 cm³/mol. The molecule has 7 heteroatoms. The van der Waals surface area contributed by atoms with Gasteiger partial charge in [0.2, 0.25) is 0 Å². The molecule has 0 bridgehead atoms. The van der Waals surface area contributed by atoms with Crippen LogP contribution in [0.25, 0.3) is 0 Å². The summed E-state index contributed by atoms with van der Waals surface area (Å²) in [5.74, 6) is 0.892. The lowest BCUT2D eigenvalue weighted by molar-refractivity contribution is 1.24. The molecule has 19 heavy (non-hydrogen) atoms. The van der Waals surface area contributed by atoms with Crippen molar-refractivity contribution in [2.75, 3.05) is 12.0 Å². The first-order valence-electron chi connectivity index (χ1n) is 5.57. The molecule has 1 nitrogen and oxygen atoms in total. The Kier molecular flexibility index (Phi) is 6.57. The van der Waals surface area contributed by atoms with Gasteiger partial charge in [-0.2, -0.15) is 5.26 Å². The molecule has 0 saturated carbocycles. The van der Waals surface area contributed by atoms with Gasteiger partial charge in [-0.15, -0.1) is 23.5 Å². The minimum absolute atomic E-state index is 0.621. The number of hydrogen-bond acceptors (Lipinski definition) is 7. The van der Waals surface area contributed by atoms with Gasteiger partial charge in [-0.05, 0) is 29.9 Å². The summed E-state index contributed by atoms with van der Waals surface area (Å²) in [6, 6.07) is 2.21. The van der Waals surface area contributed by atoms with Crippen molar-refractivity contribution < 1.29 is 0 Å². The van der Waals surface area contributed by atoms with Crippen LogP contribution in [-0.2, 0) is 0 Å². The van der Waals surface area contributed by atoms with Crippen molar-refractivity contribution in [3.8, 4) is 6.07 Å². The second-order valence-corrected chi connectivity index (χ2v) is 11.1. The normalized spacial score (nSPS) is 19.7. The molecule has 0 aromatic carbocycles. The van der Waals surface area contributed by atoms with Crippen molar-refractivity contribution in [2.24, 2.45) is 0 Å². The standard InChI is InChI=1S/C12H13NS6/c1-7-8(2)17-11(16-7)12-18-9(14-3)10(19-12)15-6-4-5-13/h4,6H2,1-3H3. The summed E-state index contributed by atoms with van der Waals surface area (Å²) >= 11 is 11.2. The van der Waals surface area contributed by atoms with Gasteiger partial charge in [0.1, 0.15) is 0 Å². The smallest absolute Gasteiger partial charge is 0.0717 e. The van der Waals surface area contributed by atoms with Crippen LogP contribution in [0.15, 0.2) is 26.8 Å². The molecule has 0 atom stereocenters. The fourth-order valence-corrected chi connectivity index (χ4v) is 9.45. The number of thioether (sulfide) groups is 6. The summed E-state index contributed by atoms with van der Waals surface area (Å²) in [6.07, 6.45) is 2.75. The van der Waals surface area contributed by atoms with E-state index < -0.39 is 0 Å². The lowest BCUT2D eigenvalue weighted by Crippen LogP contribution is -1.75. The van der Waals surface area contributed by atoms with Crippen LogP contribution in [-0.4, -0.2) is 12.0 Å². The molecule has 0 N–H and O–H groups in total. The van der Waals surface area contributed by atoms with E-state index in [0.717, 1.165) is 5.75 Å². The van der Waals surface area contributed by atoms with Crippen LogP contribution in [0.3, 0.4) is 0 Å². The molecule has 0 aromatic heterocycles. The van der Waals surface area contributed by atoms with Crippen LogP contribution in [0.5, 0.6) is 0 Å². The van der Waals surface area contributed by atoms with Gasteiger partial charge in [-0.25, -0.2) is 0 Å². The number of hydrogen-bond donors (Lipinski definition) is 0. The lowest BCUT2D eigenvalue weighted by Gasteiger charge is -2.01. The van der Waals surface area contributed by atoms with Crippen LogP contribution in [0.2, 0.25) is 0 Å². The summed E-state index contributed by atoms with van der Waals surface area (Å²) in [5, 5.41) is 8.63. The summed E-state index contributed by atoms with van der Waals surface area (Å²) in [7, 11) is 0. The van der Waals surface area contributed by atoms with Gasteiger partial charge in [0.05, 0.1) is 23.0 Å². The summed E-state index contributed by atoms with van der Waals surface area (Å²) in [4.78, 5) is 2.84. The van der Waals surface area contributed by atoms with E-state index in [1.54, 1.807) is 0 Å². The zero-order valence-corrected chi connectivity index (χ0v) is 15.7. The van der Waals surface area contributed by atoms with Crippen LogP contribution < -0.4 is 0 Å². The molecule has 0 aliphatic carbocycles. The Morgan fingerprint density at radius 1 is 1.00 bits per heavy atom. The molecule has 0 unspecified atom stereocenters. The fourth-order valence-electron chi connectivity index (χ4n) is 1.28. The Morgan fingerprint density at radius 3 is 2.16 bits per heavy atom. The molecule has 0 radical (unpaired) electrons. The quantitative estimate of drug-likeness (QED) is 0.528. The highest BCUT2D eigenvalue weighted by Gasteiger charge is 2.27. The number of nitriles is 1. The topological polar surface area (TPSA) is 23.8 Å². The van der Waals surface area contributed by atoms with Gasteiger partial charge in [0, 0.05) is 12.2 Å². The summed E-state index contributed by atoms with van der Waals surface area (Å²) in [5.41, 5.74) is 0. The van der Waals surface area contributed by atoms with Gasteiger partial charge in [0.25, 0.3) is 0 Å². The maximum absolute atomic E-state index is 8.63. The van der Waals surface area contributed by atoms with Gasteiger partial charge in [-0.3, -0.25) is 0 Å². The Labute approximate surface area is 140 Å². The molecule has 0 aromatic rings. The molecule has 0 saturated heterocycles. The highest BCUT2D eigenvalue weighted by Crippen LogP contribution is 2.63. The third-order valence-corrected chi connectivity index (χ3v) is 10.9. The molecule has 2 heterocycles. The minimum atomic E-state index is 0.621. The van der Waals surface area contributed by atoms with Crippen molar-refractivity contribution in [3.05, 3.63) is 26.8 Å². The molecule has 0 amide bonds. The average molecular weight is 364 g/mol. The van der Waals surface area contributed by atoms with Gasteiger partial charge in [0.15, 0.2) is 0 Å². The zero-order valence-electron chi connectivity index (χ0n) is 10.8. The molecule has 2 rings (SSSR count). The van der Waals surface area contributed by atoms with Crippen LogP contribution >= 0.6 is 70.6 Å². The lowest BCUT2D eigenvalue weighted by atomic mass is 10.6. The van der Waals surface area contributed by atoms with Crippen molar-refractivity contribution in [3.63, 3.8) is 0 Å². The molecule has 0 fully saturated rings. The van der Waals surface area contributed by atoms with E-state index in [4.69, 9.17) is 5.26 Å². The first-order chi connectivity index (χ1) is 9.15. The van der Waals surface area contributed by atoms with E-state index in [2.05, 4.69) is 26.2 Å². The predicted octanol–water partition coefficient (Wildman–Crippen LogP) is 6.46. The number of allylic oxidation sites excluding steroid dienone is 2. The van der Waals surface area contributed by atoms with Crippen molar-refractivity contribution >= 4 is 70.6 Å². The zero-order chi connectivity index (χ0) is 13.8. The second-order valence-electron chi connectivity index (χ2n) is 3.63. The van der Waals surface area contributed by atoms with Gasteiger partial charge in [-0.1, -0.05) is 47.0 Å². The minimum Gasteiger partial charge on any atom is -0.198 e. The maximum atomic E-state index is 8.63. The highest BCUT2D eigenvalue weighted by atomic mass is 32.3. The monoisotopic (exact) mass is 363 g/mol. The first kappa shape index (κ1) is 16.2. The maximum Gasteiger partial charge on any atom is 0.0717 e. The van der Waals surface area contributed by atoms with Crippen LogP contribution in [0, 0.1) is 11.3 Å². The van der Waals surface area contributed by atoms with E-state index >= 15 is 0 Å². The van der Waals surface area contributed by atoms with E-state index in [0.29, 0.717) is 6.42 Å². The Balaban J connectivity index is 2.04. The number of nitrogens with zero attached hydrogens (tertiary/aromatic N) is 1. The van der Waals surface area contributed by atoms with Crippen molar-refractivity contribution in [2.45, 2.75) is 20.3 Å². The molecule has 0 spiro atoms. The average Bonchev–Trinajstić information content (AvgIpc) is 2.94. The molecule has 2 aliphatic heterocycles.